The van der Waals surface area contributed by atoms with Gasteiger partial charge in [-0.25, -0.2) is 0 Å². The van der Waals surface area contributed by atoms with Crippen molar-refractivity contribution in [3.8, 4) is 5.75 Å². The number of nitrogens with two attached hydrogens (primary N) is 1. The predicted octanol–water partition coefficient (Wildman–Crippen LogP) is 1.18. The van der Waals surface area contributed by atoms with Crippen molar-refractivity contribution in [2.24, 2.45) is 11.7 Å². The van der Waals surface area contributed by atoms with Gasteiger partial charge in [0.2, 0.25) is 0 Å². The van der Waals surface area contributed by atoms with Crippen LogP contribution < -0.4 is 10.5 Å². The fraction of sp³-hybridized carbons (Fsp3) is 0.500. The highest BCUT2D eigenvalue weighted by molar-refractivity contribution is 5.78. The Hall–Kier alpha value is -1.55. The molecule has 1 aliphatic rings. The molecule has 1 atom stereocenters. The monoisotopic (exact) mass is 248 g/mol. The highest BCUT2D eigenvalue weighted by Gasteiger charge is 2.25. The summed E-state index contributed by atoms with van der Waals surface area (Å²) in [5.74, 6) is 1.24. The topological polar surface area (TPSA) is 55.6 Å². The third-order valence-corrected chi connectivity index (χ3v) is 3.36. The number of hydrogen-bond donors (Lipinski definition) is 1. The number of hydrogen-bond acceptors (Lipinski definition) is 3. The van der Waals surface area contributed by atoms with Crippen LogP contribution in [0.2, 0.25) is 0 Å². The average Bonchev–Trinajstić information content (AvgIpc) is 2.86. The van der Waals surface area contributed by atoms with Gasteiger partial charge in [-0.3, -0.25) is 4.79 Å². The summed E-state index contributed by atoms with van der Waals surface area (Å²) in [5.41, 5.74) is 6.79. The van der Waals surface area contributed by atoms with Gasteiger partial charge >= 0.3 is 0 Å². The summed E-state index contributed by atoms with van der Waals surface area (Å²) in [4.78, 5) is 13.7. The Morgan fingerprint density at radius 2 is 2.17 bits per heavy atom. The molecule has 98 valence electrons. The minimum absolute atomic E-state index is 0.0477. The Bertz CT molecular complexity index is 403. The van der Waals surface area contributed by atoms with Crippen LogP contribution >= 0.6 is 0 Å². The zero-order chi connectivity index (χ0) is 13.0. The van der Waals surface area contributed by atoms with Gasteiger partial charge in [0.25, 0.3) is 5.91 Å². The first-order valence-electron chi connectivity index (χ1n) is 6.36. The van der Waals surface area contributed by atoms with Crippen molar-refractivity contribution in [2.75, 3.05) is 26.2 Å². The van der Waals surface area contributed by atoms with Gasteiger partial charge in [0.15, 0.2) is 6.61 Å². The summed E-state index contributed by atoms with van der Waals surface area (Å²) in [6.07, 6.45) is 1.01. The third kappa shape index (κ3) is 3.23. The fourth-order valence-corrected chi connectivity index (χ4v) is 2.12. The lowest BCUT2D eigenvalue weighted by Crippen LogP contribution is -2.33. The zero-order valence-electron chi connectivity index (χ0n) is 10.8. The Morgan fingerprint density at radius 3 is 2.78 bits per heavy atom. The normalized spacial score (nSPS) is 19.0. The van der Waals surface area contributed by atoms with E-state index in [1.54, 1.807) is 0 Å². The first-order valence-corrected chi connectivity index (χ1v) is 6.36. The molecule has 0 aromatic heterocycles. The van der Waals surface area contributed by atoms with Crippen molar-refractivity contribution in [2.45, 2.75) is 13.3 Å². The van der Waals surface area contributed by atoms with Crippen LogP contribution in [0.4, 0.5) is 0 Å². The first kappa shape index (κ1) is 12.9. The van der Waals surface area contributed by atoms with Crippen LogP contribution in [0.25, 0.3) is 0 Å². The van der Waals surface area contributed by atoms with Crippen molar-refractivity contribution in [3.05, 3.63) is 29.8 Å². The molecule has 1 saturated heterocycles. The van der Waals surface area contributed by atoms with Gasteiger partial charge < -0.3 is 15.4 Å². The number of carbonyl (C=O) groups excluding carboxylic acids is 1. The maximum Gasteiger partial charge on any atom is 0.260 e. The van der Waals surface area contributed by atoms with Crippen LogP contribution in [-0.2, 0) is 4.79 Å². The van der Waals surface area contributed by atoms with Crippen LogP contribution in [0.1, 0.15) is 12.0 Å². The molecule has 1 aromatic carbocycles. The molecule has 1 aliphatic heterocycles. The van der Waals surface area contributed by atoms with E-state index >= 15 is 0 Å². The van der Waals surface area contributed by atoms with E-state index in [1.165, 1.54) is 5.56 Å². The molecule has 0 radical (unpaired) electrons. The molecule has 0 saturated carbocycles. The van der Waals surface area contributed by atoms with Crippen LogP contribution in [0.3, 0.4) is 0 Å². The maximum atomic E-state index is 11.9. The number of ether oxygens (including phenoxy) is 1. The molecule has 4 nitrogen and oxygen atoms in total. The molecule has 0 bridgehead atoms. The van der Waals surface area contributed by atoms with Gasteiger partial charge in [0.05, 0.1) is 0 Å². The van der Waals surface area contributed by atoms with Gasteiger partial charge in [0.1, 0.15) is 5.75 Å². The molecular formula is C14H20N2O2. The number of carbonyl (C=O) groups is 1. The van der Waals surface area contributed by atoms with E-state index < -0.39 is 0 Å². The Morgan fingerprint density at radius 1 is 1.44 bits per heavy atom. The highest BCUT2D eigenvalue weighted by Crippen LogP contribution is 2.16. The minimum Gasteiger partial charge on any atom is -0.484 e. The second-order valence-electron chi connectivity index (χ2n) is 4.83. The number of benzene rings is 1. The van der Waals surface area contributed by atoms with Crippen molar-refractivity contribution in [3.63, 3.8) is 0 Å². The zero-order valence-corrected chi connectivity index (χ0v) is 10.8. The number of likely N-dealkylation sites (tertiary alicyclic amines) is 1. The Labute approximate surface area is 108 Å². The van der Waals surface area contributed by atoms with E-state index in [1.807, 2.05) is 36.1 Å². The molecule has 1 aromatic rings. The van der Waals surface area contributed by atoms with E-state index in [9.17, 15) is 4.79 Å². The van der Waals surface area contributed by atoms with E-state index in [0.29, 0.717) is 12.5 Å². The van der Waals surface area contributed by atoms with E-state index in [0.717, 1.165) is 25.3 Å². The van der Waals surface area contributed by atoms with Gasteiger partial charge in [0, 0.05) is 13.1 Å². The molecule has 1 heterocycles. The van der Waals surface area contributed by atoms with Crippen LogP contribution in [-0.4, -0.2) is 37.0 Å². The first-order chi connectivity index (χ1) is 8.69. The van der Waals surface area contributed by atoms with E-state index in [4.69, 9.17) is 10.5 Å². The molecule has 18 heavy (non-hydrogen) atoms. The molecule has 2 N–H and O–H groups in total. The number of amides is 1. The SMILES string of the molecule is Cc1ccc(OCC(=O)N2CC[C@H](CN)C2)cc1. The molecular weight excluding hydrogens is 228 g/mol. The number of aryl methyl sites for hydroxylation is 1. The molecule has 1 fully saturated rings. The fourth-order valence-electron chi connectivity index (χ4n) is 2.12. The Balaban J connectivity index is 1.80. The van der Waals surface area contributed by atoms with Gasteiger partial charge in [-0.15, -0.1) is 0 Å². The summed E-state index contributed by atoms with van der Waals surface area (Å²) in [5, 5.41) is 0. The summed E-state index contributed by atoms with van der Waals surface area (Å²) in [7, 11) is 0. The molecule has 0 spiro atoms. The number of rotatable bonds is 4. The van der Waals surface area contributed by atoms with Crippen molar-refractivity contribution in [1.29, 1.82) is 0 Å². The van der Waals surface area contributed by atoms with Crippen LogP contribution in [0.15, 0.2) is 24.3 Å². The summed E-state index contributed by atoms with van der Waals surface area (Å²) in [6.45, 7) is 4.36. The van der Waals surface area contributed by atoms with Crippen LogP contribution in [0, 0.1) is 12.8 Å². The lowest BCUT2D eigenvalue weighted by atomic mass is 10.1. The Kier molecular flexibility index (Phi) is 4.20. The number of nitrogens with zero attached hydrogens (tertiary/aromatic N) is 1. The standard InChI is InChI=1S/C14H20N2O2/c1-11-2-4-13(5-3-11)18-10-14(17)16-7-6-12(8-15)9-16/h2-5,12H,6-10,15H2,1H3/t12-/m1/s1. The van der Waals surface area contributed by atoms with Gasteiger partial charge in [-0.2, -0.15) is 0 Å². The second kappa shape index (κ2) is 5.87. The highest BCUT2D eigenvalue weighted by atomic mass is 16.5. The quantitative estimate of drug-likeness (QED) is 0.870. The second-order valence-corrected chi connectivity index (χ2v) is 4.83. The van der Waals surface area contributed by atoms with E-state index in [2.05, 4.69) is 0 Å². The van der Waals surface area contributed by atoms with Crippen molar-refractivity contribution >= 4 is 5.91 Å². The maximum absolute atomic E-state index is 11.9. The smallest absolute Gasteiger partial charge is 0.260 e. The van der Waals surface area contributed by atoms with Crippen molar-refractivity contribution < 1.29 is 9.53 Å². The lowest BCUT2D eigenvalue weighted by Gasteiger charge is -2.16. The lowest BCUT2D eigenvalue weighted by molar-refractivity contribution is -0.132. The molecule has 1 amide bonds. The predicted molar refractivity (Wildman–Crippen MR) is 70.4 cm³/mol. The summed E-state index contributed by atoms with van der Waals surface area (Å²) >= 11 is 0. The molecule has 0 unspecified atom stereocenters. The van der Waals surface area contributed by atoms with Crippen molar-refractivity contribution in [1.82, 2.24) is 4.90 Å². The molecule has 2 rings (SSSR count). The summed E-state index contributed by atoms with van der Waals surface area (Å²) < 4.78 is 5.48. The largest absolute Gasteiger partial charge is 0.484 e. The minimum atomic E-state index is 0.0477. The van der Waals surface area contributed by atoms with Gasteiger partial charge in [-0.1, -0.05) is 17.7 Å². The molecule has 0 aliphatic carbocycles. The third-order valence-electron chi connectivity index (χ3n) is 3.36. The average molecular weight is 248 g/mol. The van der Waals surface area contributed by atoms with Gasteiger partial charge in [-0.05, 0) is 37.9 Å². The van der Waals surface area contributed by atoms with E-state index in [-0.39, 0.29) is 12.5 Å². The van der Waals surface area contributed by atoms with Crippen LogP contribution in [0.5, 0.6) is 5.75 Å². The molecule has 4 heteroatoms. The summed E-state index contributed by atoms with van der Waals surface area (Å²) in [6, 6.07) is 7.71.